The van der Waals surface area contributed by atoms with E-state index in [1.54, 1.807) is 0 Å². The molecular formula is C15H30N2O2. The number of nitrogens with zero attached hydrogens (tertiary/aromatic N) is 1. The van der Waals surface area contributed by atoms with Crippen LogP contribution in [0, 0.1) is 5.41 Å². The van der Waals surface area contributed by atoms with E-state index in [-0.39, 0.29) is 11.0 Å². The van der Waals surface area contributed by atoms with Crippen molar-refractivity contribution in [1.82, 2.24) is 10.2 Å². The fraction of sp³-hybridized carbons (Fsp3) is 1.00. The lowest BCUT2D eigenvalue weighted by Crippen LogP contribution is -2.52. The summed E-state index contributed by atoms with van der Waals surface area (Å²) in [4.78, 5) is 2.55. The summed E-state index contributed by atoms with van der Waals surface area (Å²) in [6.45, 7) is 15.8. The number of ether oxygens (including phenoxy) is 2. The monoisotopic (exact) mass is 270 g/mol. The zero-order valence-electron chi connectivity index (χ0n) is 13.0. The van der Waals surface area contributed by atoms with E-state index in [2.05, 4.69) is 37.9 Å². The molecule has 0 aliphatic carbocycles. The Kier molecular flexibility index (Phi) is 4.88. The van der Waals surface area contributed by atoms with Gasteiger partial charge in [0.25, 0.3) is 0 Å². The number of rotatable bonds is 4. The highest BCUT2D eigenvalue weighted by Crippen LogP contribution is 2.30. The SMILES string of the molecule is CC1CN(CC2(CNC(C)(C)C)CCOC2)CCO1. The number of hydrogen-bond acceptors (Lipinski definition) is 4. The number of nitrogens with one attached hydrogen (secondary N) is 1. The van der Waals surface area contributed by atoms with Crippen LogP contribution < -0.4 is 5.32 Å². The summed E-state index contributed by atoms with van der Waals surface area (Å²) in [7, 11) is 0. The molecule has 0 radical (unpaired) electrons. The van der Waals surface area contributed by atoms with E-state index in [9.17, 15) is 0 Å². The first kappa shape index (κ1) is 15.2. The maximum absolute atomic E-state index is 5.70. The zero-order chi connectivity index (χ0) is 13.9. The van der Waals surface area contributed by atoms with E-state index < -0.39 is 0 Å². The van der Waals surface area contributed by atoms with Crippen molar-refractivity contribution in [3.8, 4) is 0 Å². The predicted molar refractivity (Wildman–Crippen MR) is 77.5 cm³/mol. The first-order chi connectivity index (χ1) is 8.89. The topological polar surface area (TPSA) is 33.7 Å². The van der Waals surface area contributed by atoms with Gasteiger partial charge in [-0.05, 0) is 34.1 Å². The van der Waals surface area contributed by atoms with Crippen LogP contribution in [0.4, 0.5) is 0 Å². The largest absolute Gasteiger partial charge is 0.381 e. The van der Waals surface area contributed by atoms with Crippen LogP contribution in [0.3, 0.4) is 0 Å². The van der Waals surface area contributed by atoms with Gasteiger partial charge in [0, 0.05) is 43.7 Å². The summed E-state index contributed by atoms with van der Waals surface area (Å²) in [5, 5.41) is 3.67. The highest BCUT2D eigenvalue weighted by molar-refractivity contribution is 4.91. The Morgan fingerprint density at radius 3 is 2.68 bits per heavy atom. The van der Waals surface area contributed by atoms with Crippen LogP contribution in [0.15, 0.2) is 0 Å². The lowest BCUT2D eigenvalue weighted by atomic mass is 9.85. The molecule has 0 saturated carbocycles. The third kappa shape index (κ3) is 4.71. The Morgan fingerprint density at radius 1 is 1.32 bits per heavy atom. The number of hydrogen-bond donors (Lipinski definition) is 1. The average Bonchev–Trinajstić information content (AvgIpc) is 2.75. The van der Waals surface area contributed by atoms with Gasteiger partial charge in [0.1, 0.15) is 0 Å². The quantitative estimate of drug-likeness (QED) is 0.839. The van der Waals surface area contributed by atoms with E-state index in [4.69, 9.17) is 9.47 Å². The van der Waals surface area contributed by atoms with Crippen molar-refractivity contribution in [3.05, 3.63) is 0 Å². The zero-order valence-corrected chi connectivity index (χ0v) is 13.0. The molecule has 19 heavy (non-hydrogen) atoms. The molecule has 112 valence electrons. The van der Waals surface area contributed by atoms with Crippen molar-refractivity contribution >= 4 is 0 Å². The van der Waals surface area contributed by atoms with Gasteiger partial charge in [-0.25, -0.2) is 0 Å². The summed E-state index contributed by atoms with van der Waals surface area (Å²) in [5.41, 5.74) is 0.457. The summed E-state index contributed by atoms with van der Waals surface area (Å²) in [6, 6.07) is 0. The molecule has 2 rings (SSSR count). The molecule has 2 aliphatic rings. The van der Waals surface area contributed by atoms with Gasteiger partial charge in [-0.15, -0.1) is 0 Å². The second kappa shape index (κ2) is 6.08. The van der Waals surface area contributed by atoms with Crippen LogP contribution in [-0.4, -0.2) is 62.5 Å². The molecule has 2 unspecified atom stereocenters. The van der Waals surface area contributed by atoms with Gasteiger partial charge in [-0.3, -0.25) is 4.90 Å². The summed E-state index contributed by atoms with van der Waals surface area (Å²) >= 11 is 0. The average molecular weight is 270 g/mol. The molecule has 2 atom stereocenters. The van der Waals surface area contributed by atoms with Gasteiger partial charge in [0.15, 0.2) is 0 Å². The number of morpholine rings is 1. The Bertz CT molecular complexity index is 282. The van der Waals surface area contributed by atoms with Crippen molar-refractivity contribution in [2.75, 3.05) is 46.0 Å². The van der Waals surface area contributed by atoms with Crippen molar-refractivity contribution in [3.63, 3.8) is 0 Å². The fourth-order valence-corrected chi connectivity index (χ4v) is 2.93. The molecule has 4 nitrogen and oxygen atoms in total. The Morgan fingerprint density at radius 2 is 2.11 bits per heavy atom. The van der Waals surface area contributed by atoms with Gasteiger partial charge in [-0.1, -0.05) is 0 Å². The third-order valence-corrected chi connectivity index (χ3v) is 4.06. The van der Waals surface area contributed by atoms with Crippen molar-refractivity contribution in [1.29, 1.82) is 0 Å². The molecule has 2 saturated heterocycles. The Labute approximate surface area is 117 Å². The molecule has 0 aromatic heterocycles. The molecule has 0 amide bonds. The van der Waals surface area contributed by atoms with Crippen LogP contribution in [0.5, 0.6) is 0 Å². The van der Waals surface area contributed by atoms with E-state index in [0.717, 1.165) is 46.0 Å². The molecule has 1 N–H and O–H groups in total. The molecule has 2 fully saturated rings. The Hall–Kier alpha value is -0.160. The predicted octanol–water partition coefficient (Wildman–Crippen LogP) is 1.50. The maximum atomic E-state index is 5.70. The normalized spacial score (nSPS) is 33.8. The highest BCUT2D eigenvalue weighted by atomic mass is 16.5. The maximum Gasteiger partial charge on any atom is 0.0674 e. The van der Waals surface area contributed by atoms with E-state index in [1.807, 2.05) is 0 Å². The summed E-state index contributed by atoms with van der Waals surface area (Å²) in [6.07, 6.45) is 1.53. The van der Waals surface area contributed by atoms with Crippen LogP contribution in [-0.2, 0) is 9.47 Å². The van der Waals surface area contributed by atoms with Gasteiger partial charge in [0.05, 0.1) is 19.3 Å². The standard InChI is InChI=1S/C15H30N2O2/c1-13-9-17(6-8-19-13)11-15(5-7-18-12-15)10-16-14(2,3)4/h13,16H,5-12H2,1-4H3. The van der Waals surface area contributed by atoms with E-state index >= 15 is 0 Å². The van der Waals surface area contributed by atoms with Crippen molar-refractivity contribution in [2.24, 2.45) is 5.41 Å². The molecule has 4 heteroatoms. The fourth-order valence-electron chi connectivity index (χ4n) is 2.93. The summed E-state index contributed by atoms with van der Waals surface area (Å²) < 4.78 is 11.3. The van der Waals surface area contributed by atoms with Gasteiger partial charge in [0.2, 0.25) is 0 Å². The van der Waals surface area contributed by atoms with Gasteiger partial charge < -0.3 is 14.8 Å². The second-order valence-electron chi connectivity index (χ2n) is 7.32. The molecular weight excluding hydrogens is 240 g/mol. The lowest BCUT2D eigenvalue weighted by molar-refractivity contribution is -0.0338. The second-order valence-corrected chi connectivity index (χ2v) is 7.32. The minimum absolute atomic E-state index is 0.174. The van der Waals surface area contributed by atoms with Crippen molar-refractivity contribution in [2.45, 2.75) is 45.8 Å². The highest BCUT2D eigenvalue weighted by Gasteiger charge is 2.38. The smallest absolute Gasteiger partial charge is 0.0674 e. The molecule has 0 spiro atoms. The molecule has 0 aromatic carbocycles. The molecule has 2 heterocycles. The first-order valence-electron chi connectivity index (χ1n) is 7.55. The minimum atomic E-state index is 0.174. The lowest BCUT2D eigenvalue weighted by Gasteiger charge is -2.39. The summed E-state index contributed by atoms with van der Waals surface area (Å²) in [5.74, 6) is 0. The van der Waals surface area contributed by atoms with Crippen LogP contribution >= 0.6 is 0 Å². The van der Waals surface area contributed by atoms with E-state index in [1.165, 1.54) is 6.42 Å². The molecule has 0 bridgehead atoms. The Balaban J connectivity index is 1.91. The van der Waals surface area contributed by atoms with Crippen LogP contribution in [0.25, 0.3) is 0 Å². The van der Waals surface area contributed by atoms with Gasteiger partial charge in [-0.2, -0.15) is 0 Å². The first-order valence-corrected chi connectivity index (χ1v) is 7.55. The third-order valence-electron chi connectivity index (χ3n) is 4.06. The van der Waals surface area contributed by atoms with Crippen molar-refractivity contribution < 1.29 is 9.47 Å². The van der Waals surface area contributed by atoms with E-state index in [0.29, 0.717) is 6.10 Å². The van der Waals surface area contributed by atoms with Crippen LogP contribution in [0.2, 0.25) is 0 Å². The van der Waals surface area contributed by atoms with Gasteiger partial charge >= 0.3 is 0 Å². The molecule has 2 aliphatic heterocycles. The van der Waals surface area contributed by atoms with Crippen LogP contribution in [0.1, 0.15) is 34.1 Å². The minimum Gasteiger partial charge on any atom is -0.381 e. The molecule has 0 aromatic rings.